The average molecular weight is 472 g/mol. The molecule has 0 fully saturated rings. The fraction of sp³-hybridized carbons (Fsp3) is 0.231. The number of fused-ring (bicyclic) bond motifs is 1. The standard InChI is InChI=1S/C26H29N7O2/c1-3-13-27-24-31-25(28-14-4-2)33-26(32-24)30-18-10-12-23(35)21(15-18)29-16-20-19-8-6-5-7-17(19)9-11-22(20)34/h5-12,15-16,34-35H,3-4,13-14H2,1-2H3,(H3,27,28,30,31,32,33). The molecule has 1 heterocycles. The van der Waals surface area contributed by atoms with Crippen molar-refractivity contribution in [1.29, 1.82) is 0 Å². The fourth-order valence-corrected chi connectivity index (χ4v) is 3.45. The molecule has 4 rings (SSSR count). The van der Waals surface area contributed by atoms with Gasteiger partial charge in [-0.2, -0.15) is 15.0 Å². The molecule has 1 aromatic heterocycles. The number of rotatable bonds is 10. The minimum Gasteiger partial charge on any atom is -0.507 e. The summed E-state index contributed by atoms with van der Waals surface area (Å²) in [5, 5.41) is 32.2. The predicted octanol–water partition coefficient (Wildman–Crippen LogP) is 5.57. The average Bonchev–Trinajstić information content (AvgIpc) is 2.87. The summed E-state index contributed by atoms with van der Waals surface area (Å²) < 4.78 is 0. The van der Waals surface area contributed by atoms with Crippen molar-refractivity contribution in [2.45, 2.75) is 26.7 Å². The van der Waals surface area contributed by atoms with Crippen LogP contribution in [0.15, 0.2) is 59.6 Å². The SMILES string of the molecule is CCCNc1nc(NCCC)nc(Nc2ccc(O)c(N=Cc3c(O)ccc4ccccc34)c2)n1. The van der Waals surface area contributed by atoms with Gasteiger partial charge in [0.1, 0.15) is 17.2 Å². The maximum absolute atomic E-state index is 10.4. The number of benzene rings is 3. The molecule has 0 saturated heterocycles. The van der Waals surface area contributed by atoms with Crippen molar-refractivity contribution < 1.29 is 10.2 Å². The molecule has 0 atom stereocenters. The minimum atomic E-state index is 0.0118. The number of aromatic nitrogens is 3. The molecule has 0 aliphatic rings. The number of phenols is 2. The van der Waals surface area contributed by atoms with Crippen LogP contribution in [0.25, 0.3) is 10.8 Å². The molecule has 5 N–H and O–H groups in total. The maximum Gasteiger partial charge on any atom is 0.233 e. The van der Waals surface area contributed by atoms with Gasteiger partial charge in [0, 0.05) is 30.6 Å². The molecule has 3 aromatic carbocycles. The smallest absolute Gasteiger partial charge is 0.233 e. The Kier molecular flexibility index (Phi) is 7.57. The number of aliphatic imine (C=N–C) groups is 1. The predicted molar refractivity (Wildman–Crippen MR) is 142 cm³/mol. The van der Waals surface area contributed by atoms with E-state index in [2.05, 4.69) is 49.7 Å². The van der Waals surface area contributed by atoms with Crippen LogP contribution in [-0.2, 0) is 0 Å². The number of hydrogen-bond donors (Lipinski definition) is 5. The summed E-state index contributed by atoms with van der Waals surface area (Å²) in [6, 6.07) is 16.2. The fourth-order valence-electron chi connectivity index (χ4n) is 3.45. The van der Waals surface area contributed by atoms with Crippen LogP contribution in [0.2, 0.25) is 0 Å². The zero-order valence-corrected chi connectivity index (χ0v) is 19.8. The second-order valence-electron chi connectivity index (χ2n) is 7.97. The van der Waals surface area contributed by atoms with Crippen LogP contribution < -0.4 is 16.0 Å². The molecule has 9 heteroatoms. The third-order valence-corrected chi connectivity index (χ3v) is 5.21. The van der Waals surface area contributed by atoms with Crippen molar-refractivity contribution in [3.63, 3.8) is 0 Å². The lowest BCUT2D eigenvalue weighted by Crippen LogP contribution is -2.12. The van der Waals surface area contributed by atoms with E-state index < -0.39 is 0 Å². The van der Waals surface area contributed by atoms with E-state index in [1.807, 2.05) is 30.3 Å². The first kappa shape index (κ1) is 23.7. The second kappa shape index (κ2) is 11.1. The van der Waals surface area contributed by atoms with E-state index in [1.165, 1.54) is 0 Å². The molecule has 0 unspecified atom stereocenters. The molecular formula is C26H29N7O2. The number of phenolic OH excluding ortho intramolecular Hbond substituents is 2. The molecule has 9 nitrogen and oxygen atoms in total. The van der Waals surface area contributed by atoms with Crippen molar-refractivity contribution in [3.05, 3.63) is 60.2 Å². The van der Waals surface area contributed by atoms with Gasteiger partial charge in [0.15, 0.2) is 0 Å². The zero-order valence-electron chi connectivity index (χ0n) is 19.8. The van der Waals surface area contributed by atoms with E-state index in [0.29, 0.717) is 34.8 Å². The van der Waals surface area contributed by atoms with Gasteiger partial charge >= 0.3 is 0 Å². The molecule has 0 aliphatic carbocycles. The highest BCUT2D eigenvalue weighted by molar-refractivity contribution is 6.03. The Bertz CT molecular complexity index is 1310. The number of nitrogens with one attached hydrogen (secondary N) is 3. The molecule has 180 valence electrons. The third-order valence-electron chi connectivity index (χ3n) is 5.21. The Morgan fingerprint density at radius 3 is 2.17 bits per heavy atom. The van der Waals surface area contributed by atoms with Crippen molar-refractivity contribution in [2.75, 3.05) is 29.0 Å². The van der Waals surface area contributed by atoms with Gasteiger partial charge in [0.25, 0.3) is 0 Å². The van der Waals surface area contributed by atoms with Gasteiger partial charge in [0.2, 0.25) is 17.8 Å². The second-order valence-corrected chi connectivity index (χ2v) is 7.97. The lowest BCUT2D eigenvalue weighted by atomic mass is 10.0. The van der Waals surface area contributed by atoms with Gasteiger partial charge in [-0.05, 0) is 47.9 Å². The molecule has 0 amide bonds. The Hall–Kier alpha value is -4.40. The Balaban J connectivity index is 1.61. The molecular weight excluding hydrogens is 442 g/mol. The molecule has 4 aromatic rings. The minimum absolute atomic E-state index is 0.0118. The number of nitrogens with zero attached hydrogens (tertiary/aromatic N) is 4. The van der Waals surface area contributed by atoms with Crippen LogP contribution in [0.3, 0.4) is 0 Å². The summed E-state index contributed by atoms with van der Waals surface area (Å²) in [5.74, 6) is 1.45. The molecule has 35 heavy (non-hydrogen) atoms. The van der Waals surface area contributed by atoms with Crippen molar-refractivity contribution in [3.8, 4) is 11.5 Å². The molecule has 0 bridgehead atoms. The van der Waals surface area contributed by atoms with E-state index >= 15 is 0 Å². The van der Waals surface area contributed by atoms with Gasteiger partial charge in [-0.25, -0.2) is 0 Å². The van der Waals surface area contributed by atoms with Crippen LogP contribution in [0, 0.1) is 0 Å². The highest BCUT2D eigenvalue weighted by atomic mass is 16.3. The number of hydrogen-bond acceptors (Lipinski definition) is 9. The van der Waals surface area contributed by atoms with Gasteiger partial charge < -0.3 is 26.2 Å². The third kappa shape index (κ3) is 5.94. The van der Waals surface area contributed by atoms with Gasteiger partial charge in [-0.15, -0.1) is 0 Å². The first-order valence-corrected chi connectivity index (χ1v) is 11.7. The lowest BCUT2D eigenvalue weighted by Gasteiger charge is -2.11. The largest absolute Gasteiger partial charge is 0.507 e. The van der Waals surface area contributed by atoms with Gasteiger partial charge in [0.05, 0.1) is 0 Å². The normalized spacial score (nSPS) is 11.1. The quantitative estimate of drug-likeness (QED) is 0.150. The maximum atomic E-state index is 10.4. The number of anilines is 4. The van der Waals surface area contributed by atoms with E-state index in [0.717, 1.165) is 36.7 Å². The van der Waals surface area contributed by atoms with E-state index in [1.54, 1.807) is 30.5 Å². The van der Waals surface area contributed by atoms with Crippen LogP contribution in [-0.4, -0.2) is 44.5 Å². The summed E-state index contributed by atoms with van der Waals surface area (Å²) in [4.78, 5) is 17.8. The van der Waals surface area contributed by atoms with E-state index in [-0.39, 0.29) is 11.5 Å². The summed E-state index contributed by atoms with van der Waals surface area (Å²) in [6.07, 6.45) is 3.44. The first-order chi connectivity index (χ1) is 17.1. The molecule has 0 radical (unpaired) electrons. The van der Waals surface area contributed by atoms with Gasteiger partial charge in [-0.3, -0.25) is 4.99 Å². The zero-order chi connectivity index (χ0) is 24.6. The van der Waals surface area contributed by atoms with Gasteiger partial charge in [-0.1, -0.05) is 44.2 Å². The summed E-state index contributed by atoms with van der Waals surface area (Å²) >= 11 is 0. The highest BCUT2D eigenvalue weighted by Gasteiger charge is 2.09. The molecule has 0 spiro atoms. The van der Waals surface area contributed by atoms with Crippen LogP contribution in [0.1, 0.15) is 32.3 Å². The van der Waals surface area contributed by atoms with Crippen LogP contribution in [0.4, 0.5) is 29.2 Å². The Morgan fingerprint density at radius 2 is 1.46 bits per heavy atom. The number of aromatic hydroxyl groups is 2. The lowest BCUT2D eigenvalue weighted by molar-refractivity contribution is 0.474. The van der Waals surface area contributed by atoms with Crippen molar-refractivity contribution in [1.82, 2.24) is 15.0 Å². The summed E-state index contributed by atoms with van der Waals surface area (Å²) in [5.41, 5.74) is 1.56. The Morgan fingerprint density at radius 1 is 0.800 bits per heavy atom. The molecule has 0 saturated carbocycles. The molecule has 0 aliphatic heterocycles. The van der Waals surface area contributed by atoms with Crippen LogP contribution >= 0.6 is 0 Å². The summed E-state index contributed by atoms with van der Waals surface area (Å²) in [6.45, 7) is 5.63. The first-order valence-electron chi connectivity index (χ1n) is 11.7. The highest BCUT2D eigenvalue weighted by Crippen LogP contribution is 2.32. The van der Waals surface area contributed by atoms with Crippen molar-refractivity contribution >= 4 is 46.2 Å². The van der Waals surface area contributed by atoms with E-state index in [9.17, 15) is 10.2 Å². The summed E-state index contributed by atoms with van der Waals surface area (Å²) in [7, 11) is 0. The monoisotopic (exact) mass is 471 g/mol. The van der Waals surface area contributed by atoms with Crippen molar-refractivity contribution in [2.24, 2.45) is 4.99 Å². The van der Waals surface area contributed by atoms with Crippen LogP contribution in [0.5, 0.6) is 11.5 Å². The Labute approximate surface area is 204 Å². The van der Waals surface area contributed by atoms with E-state index in [4.69, 9.17) is 0 Å². The topological polar surface area (TPSA) is 128 Å².